The molecule has 0 radical (unpaired) electrons. The largest absolute Gasteiger partial charge is 0.480 e. The summed E-state index contributed by atoms with van der Waals surface area (Å²) < 4.78 is 5.73. The Bertz CT molecular complexity index is 621. The molecule has 0 unspecified atom stereocenters. The van der Waals surface area contributed by atoms with Crippen molar-refractivity contribution < 1.29 is 24.2 Å². The van der Waals surface area contributed by atoms with Gasteiger partial charge in [0, 0.05) is 12.3 Å². The van der Waals surface area contributed by atoms with Crippen molar-refractivity contribution in [3.8, 4) is 0 Å². The normalized spacial score (nSPS) is 15.6. The van der Waals surface area contributed by atoms with E-state index in [0.29, 0.717) is 12.3 Å². The number of anilines is 1. The topological polar surface area (TPSA) is 105 Å². The van der Waals surface area contributed by atoms with Gasteiger partial charge in [-0.05, 0) is 50.3 Å². The summed E-state index contributed by atoms with van der Waals surface area (Å²) in [6, 6.07) is 6.93. The highest BCUT2D eigenvalue weighted by Gasteiger charge is 2.41. The fourth-order valence-corrected chi connectivity index (χ4v) is 3.03. The summed E-state index contributed by atoms with van der Waals surface area (Å²) in [6.45, 7) is 1.99. The monoisotopic (exact) mass is 348 g/mol. The van der Waals surface area contributed by atoms with Crippen LogP contribution in [-0.4, -0.2) is 41.6 Å². The third-order valence-corrected chi connectivity index (χ3v) is 4.26. The molecular weight excluding hydrogens is 324 g/mol. The van der Waals surface area contributed by atoms with E-state index in [2.05, 4.69) is 10.6 Å². The molecule has 1 fully saturated rings. The smallest absolute Gasteiger partial charge is 0.322 e. The molecule has 0 atom stereocenters. The van der Waals surface area contributed by atoms with Gasteiger partial charge in [0.15, 0.2) is 0 Å². The predicted octanol–water partition coefficient (Wildman–Crippen LogP) is 1.72. The lowest BCUT2D eigenvalue weighted by Crippen LogP contribution is -2.43. The number of ether oxygens (including phenoxy) is 1. The lowest BCUT2D eigenvalue weighted by Gasteiger charge is -2.27. The van der Waals surface area contributed by atoms with Crippen LogP contribution in [-0.2, 0) is 25.5 Å². The highest BCUT2D eigenvalue weighted by Crippen LogP contribution is 2.34. The quantitative estimate of drug-likeness (QED) is 0.663. The first kappa shape index (κ1) is 18.9. The summed E-state index contributed by atoms with van der Waals surface area (Å²) in [6.07, 6.45) is 3.52. The van der Waals surface area contributed by atoms with Crippen LogP contribution in [0.5, 0.6) is 0 Å². The third kappa shape index (κ3) is 5.29. The number of carboxylic acid groups (broad SMARTS) is 1. The first-order valence-corrected chi connectivity index (χ1v) is 8.48. The fraction of sp³-hybridized carbons (Fsp3) is 0.500. The van der Waals surface area contributed by atoms with Gasteiger partial charge in [-0.15, -0.1) is 0 Å². The molecule has 7 heteroatoms. The Kier molecular flexibility index (Phi) is 6.52. The Morgan fingerprint density at radius 1 is 1.16 bits per heavy atom. The van der Waals surface area contributed by atoms with Gasteiger partial charge >= 0.3 is 5.97 Å². The second-order valence-corrected chi connectivity index (χ2v) is 6.13. The minimum Gasteiger partial charge on any atom is -0.480 e. The van der Waals surface area contributed by atoms with Crippen molar-refractivity contribution >= 4 is 23.5 Å². The number of aliphatic carboxylic acids is 1. The van der Waals surface area contributed by atoms with E-state index in [1.807, 2.05) is 6.92 Å². The molecular formula is C18H24N2O5. The molecule has 0 aromatic heterocycles. The minimum absolute atomic E-state index is 0.0877. The van der Waals surface area contributed by atoms with Crippen LogP contribution in [0, 0.1) is 0 Å². The van der Waals surface area contributed by atoms with Crippen LogP contribution in [0.2, 0.25) is 0 Å². The zero-order chi connectivity index (χ0) is 18.3. The Labute approximate surface area is 146 Å². The Morgan fingerprint density at radius 3 is 2.36 bits per heavy atom. The first-order chi connectivity index (χ1) is 11.9. The molecule has 1 aliphatic rings. The van der Waals surface area contributed by atoms with Crippen molar-refractivity contribution in [2.24, 2.45) is 0 Å². The maximum Gasteiger partial charge on any atom is 0.322 e. The van der Waals surface area contributed by atoms with Gasteiger partial charge in [-0.2, -0.15) is 0 Å². The summed E-state index contributed by atoms with van der Waals surface area (Å²) in [5.74, 6) is -1.57. The molecule has 2 amide bonds. The SMILES string of the molecule is CCOC1(C(=O)Nc2ccc(CC(=O)NCC(=O)O)cc2)CCCC1. The lowest BCUT2D eigenvalue weighted by atomic mass is 10.0. The minimum atomic E-state index is -1.08. The third-order valence-electron chi connectivity index (χ3n) is 4.26. The van der Waals surface area contributed by atoms with Crippen LogP contribution in [0.4, 0.5) is 5.69 Å². The van der Waals surface area contributed by atoms with Gasteiger partial charge in [0.2, 0.25) is 5.91 Å². The van der Waals surface area contributed by atoms with Crippen molar-refractivity contribution in [2.45, 2.75) is 44.6 Å². The molecule has 1 saturated carbocycles. The molecule has 7 nitrogen and oxygen atoms in total. The van der Waals surface area contributed by atoms with Gasteiger partial charge in [0.25, 0.3) is 5.91 Å². The average molecular weight is 348 g/mol. The highest BCUT2D eigenvalue weighted by atomic mass is 16.5. The van der Waals surface area contributed by atoms with E-state index in [4.69, 9.17) is 9.84 Å². The van der Waals surface area contributed by atoms with E-state index < -0.39 is 18.1 Å². The van der Waals surface area contributed by atoms with Crippen molar-refractivity contribution in [3.63, 3.8) is 0 Å². The summed E-state index contributed by atoms with van der Waals surface area (Å²) in [4.78, 5) is 34.6. The molecule has 1 aromatic rings. The molecule has 1 aromatic carbocycles. The maximum atomic E-state index is 12.6. The van der Waals surface area contributed by atoms with E-state index in [9.17, 15) is 14.4 Å². The number of carboxylic acids is 1. The van der Waals surface area contributed by atoms with E-state index in [1.165, 1.54) is 0 Å². The van der Waals surface area contributed by atoms with Gasteiger partial charge in [-0.25, -0.2) is 0 Å². The first-order valence-electron chi connectivity index (χ1n) is 8.48. The summed E-state index contributed by atoms with van der Waals surface area (Å²) in [5, 5.41) is 13.7. The van der Waals surface area contributed by atoms with Gasteiger partial charge in [-0.1, -0.05) is 12.1 Å². The molecule has 3 N–H and O–H groups in total. The Hall–Kier alpha value is -2.41. The van der Waals surface area contributed by atoms with Gasteiger partial charge < -0.3 is 20.5 Å². The molecule has 0 saturated heterocycles. The van der Waals surface area contributed by atoms with Crippen molar-refractivity contribution in [3.05, 3.63) is 29.8 Å². The van der Waals surface area contributed by atoms with E-state index in [1.54, 1.807) is 24.3 Å². The molecule has 2 rings (SSSR count). The summed E-state index contributed by atoms with van der Waals surface area (Å²) in [7, 11) is 0. The zero-order valence-electron chi connectivity index (χ0n) is 14.3. The standard InChI is InChI=1S/C18H24N2O5/c1-2-25-18(9-3-4-10-18)17(24)20-14-7-5-13(6-8-14)11-15(21)19-12-16(22)23/h5-8H,2-4,9-12H2,1H3,(H,19,21)(H,20,24)(H,22,23). The number of nitrogens with one attached hydrogen (secondary N) is 2. The Balaban J connectivity index is 1.92. The predicted molar refractivity (Wildman–Crippen MR) is 92.2 cm³/mol. The molecule has 0 heterocycles. The van der Waals surface area contributed by atoms with Crippen LogP contribution in [0.25, 0.3) is 0 Å². The van der Waals surface area contributed by atoms with Crippen LogP contribution in [0.3, 0.4) is 0 Å². The van der Waals surface area contributed by atoms with Gasteiger partial charge in [0.05, 0.1) is 6.42 Å². The van der Waals surface area contributed by atoms with Crippen molar-refractivity contribution in [2.75, 3.05) is 18.5 Å². The number of hydrogen-bond acceptors (Lipinski definition) is 4. The highest BCUT2D eigenvalue weighted by molar-refractivity contribution is 5.97. The van der Waals surface area contributed by atoms with E-state index >= 15 is 0 Å². The molecule has 0 spiro atoms. The number of carbonyl (C=O) groups excluding carboxylic acids is 2. The van der Waals surface area contributed by atoms with Crippen LogP contribution < -0.4 is 10.6 Å². The van der Waals surface area contributed by atoms with E-state index in [0.717, 1.165) is 31.2 Å². The lowest BCUT2D eigenvalue weighted by molar-refractivity contribution is -0.140. The number of hydrogen-bond donors (Lipinski definition) is 3. The molecule has 25 heavy (non-hydrogen) atoms. The van der Waals surface area contributed by atoms with Crippen LogP contribution in [0.1, 0.15) is 38.2 Å². The zero-order valence-corrected chi connectivity index (χ0v) is 14.3. The van der Waals surface area contributed by atoms with Crippen molar-refractivity contribution in [1.29, 1.82) is 0 Å². The van der Waals surface area contributed by atoms with Gasteiger partial charge in [-0.3, -0.25) is 14.4 Å². The van der Waals surface area contributed by atoms with Crippen LogP contribution in [0.15, 0.2) is 24.3 Å². The average Bonchev–Trinajstić information content (AvgIpc) is 3.05. The number of amides is 2. The number of carbonyl (C=O) groups is 3. The second-order valence-electron chi connectivity index (χ2n) is 6.13. The molecule has 1 aliphatic carbocycles. The fourth-order valence-electron chi connectivity index (χ4n) is 3.03. The maximum absolute atomic E-state index is 12.6. The molecule has 0 aliphatic heterocycles. The second kappa shape index (κ2) is 8.62. The van der Waals surface area contributed by atoms with Crippen LogP contribution >= 0.6 is 0 Å². The van der Waals surface area contributed by atoms with Crippen molar-refractivity contribution in [1.82, 2.24) is 5.32 Å². The number of benzene rings is 1. The summed E-state index contributed by atoms with van der Waals surface area (Å²) in [5.41, 5.74) is 0.649. The summed E-state index contributed by atoms with van der Waals surface area (Å²) >= 11 is 0. The molecule has 136 valence electrons. The van der Waals surface area contributed by atoms with Gasteiger partial charge in [0.1, 0.15) is 12.1 Å². The van der Waals surface area contributed by atoms with E-state index in [-0.39, 0.29) is 18.2 Å². The molecule has 0 bridgehead atoms. The Morgan fingerprint density at radius 2 is 1.80 bits per heavy atom. The number of rotatable bonds is 8.